The van der Waals surface area contributed by atoms with Crippen LogP contribution in [-0.4, -0.2) is 0 Å². The molecule has 1 aliphatic rings. The van der Waals surface area contributed by atoms with Crippen LogP contribution in [0.25, 0.3) is 0 Å². The minimum absolute atomic E-state index is 0.993. The maximum Gasteiger partial charge on any atom is -0.00202 e. The van der Waals surface area contributed by atoms with Crippen molar-refractivity contribution in [2.45, 2.75) is 45.4 Å². The molecule has 0 bridgehead atoms. The van der Waals surface area contributed by atoms with Crippen molar-refractivity contribution >= 4 is 0 Å². The summed E-state index contributed by atoms with van der Waals surface area (Å²) in [5.41, 5.74) is 4.36. The molecule has 0 saturated carbocycles. The number of aryl methyl sites for hydroxylation is 1. The molecule has 2 rings (SSSR count). The van der Waals surface area contributed by atoms with Gasteiger partial charge < -0.3 is 0 Å². The van der Waals surface area contributed by atoms with Gasteiger partial charge in [-0.05, 0) is 48.5 Å². The van der Waals surface area contributed by atoms with E-state index in [1.54, 1.807) is 0 Å². The highest BCUT2D eigenvalue weighted by molar-refractivity contribution is 5.35. The highest BCUT2D eigenvalue weighted by atomic mass is 14.1. The average molecular weight is 225 g/mol. The largest absolute Gasteiger partial charge is 0.0798 e. The van der Waals surface area contributed by atoms with Crippen molar-refractivity contribution in [2.24, 2.45) is 0 Å². The second-order valence-electron chi connectivity index (χ2n) is 4.71. The Kier molecular flexibility index (Phi) is 4.61. The van der Waals surface area contributed by atoms with E-state index in [9.17, 15) is 0 Å². The lowest BCUT2D eigenvalue weighted by molar-refractivity contribution is 0.714. The summed E-state index contributed by atoms with van der Waals surface area (Å²) < 4.78 is 0. The summed E-state index contributed by atoms with van der Waals surface area (Å²) in [6.45, 7) is 2.26. The van der Waals surface area contributed by atoms with E-state index in [0.717, 1.165) is 12.8 Å². The molecule has 0 amide bonds. The quantitative estimate of drug-likeness (QED) is 0.618. The van der Waals surface area contributed by atoms with Crippen molar-refractivity contribution in [3.63, 3.8) is 0 Å². The summed E-state index contributed by atoms with van der Waals surface area (Å²) in [7, 11) is 0. The van der Waals surface area contributed by atoms with Crippen LogP contribution in [0.15, 0.2) is 42.0 Å². The molecular weight excluding hydrogens is 204 g/mol. The van der Waals surface area contributed by atoms with Gasteiger partial charge in [0, 0.05) is 0 Å². The highest BCUT2D eigenvalue weighted by Gasteiger charge is 2.05. The number of benzene rings is 1. The van der Waals surface area contributed by atoms with Crippen LogP contribution in [0.3, 0.4) is 0 Å². The van der Waals surface area contributed by atoms with Gasteiger partial charge in [-0.25, -0.2) is 0 Å². The Morgan fingerprint density at radius 2 is 1.94 bits per heavy atom. The number of hydrogen-bond donors (Lipinski definition) is 0. The Hall–Kier alpha value is -1.30. The van der Waals surface area contributed by atoms with Crippen LogP contribution in [0.5, 0.6) is 0 Å². The van der Waals surface area contributed by atoms with Crippen LogP contribution in [0.2, 0.25) is 0 Å². The first-order chi connectivity index (χ1) is 8.40. The third-order valence-electron chi connectivity index (χ3n) is 3.31. The van der Waals surface area contributed by atoms with Gasteiger partial charge in [-0.1, -0.05) is 56.2 Å². The minimum atomic E-state index is 0.993. The Balaban J connectivity index is 2.02. The van der Waals surface area contributed by atoms with E-state index in [4.69, 9.17) is 0 Å². The number of allylic oxidation sites excluding steroid dienone is 4. The van der Waals surface area contributed by atoms with Crippen molar-refractivity contribution in [1.29, 1.82) is 0 Å². The van der Waals surface area contributed by atoms with Gasteiger partial charge in [0.15, 0.2) is 0 Å². The first-order valence-electron chi connectivity index (χ1n) is 6.73. The molecule has 17 heavy (non-hydrogen) atoms. The topological polar surface area (TPSA) is 0 Å². The lowest BCUT2D eigenvalue weighted by Crippen LogP contribution is -1.95. The van der Waals surface area contributed by atoms with Gasteiger partial charge in [-0.3, -0.25) is 0 Å². The van der Waals surface area contributed by atoms with Gasteiger partial charge in [-0.2, -0.15) is 0 Å². The van der Waals surface area contributed by atoms with Crippen molar-refractivity contribution in [3.05, 3.63) is 59.2 Å². The van der Waals surface area contributed by atoms with E-state index in [-0.39, 0.29) is 0 Å². The predicted molar refractivity (Wildman–Crippen MR) is 73.9 cm³/mol. The average Bonchev–Trinajstić information content (AvgIpc) is 2.84. The molecule has 1 aromatic rings. The van der Waals surface area contributed by atoms with E-state index in [0.29, 0.717) is 0 Å². The SMILES string of the molecule is CCCCCc1ccccc1CC1=[C]CC=C1. The summed E-state index contributed by atoms with van der Waals surface area (Å²) in [6.07, 6.45) is 15.0. The lowest BCUT2D eigenvalue weighted by atomic mass is 9.96. The molecule has 0 aliphatic heterocycles. The molecule has 0 atom stereocenters. The first-order valence-corrected chi connectivity index (χ1v) is 6.73. The van der Waals surface area contributed by atoms with Crippen molar-refractivity contribution in [2.75, 3.05) is 0 Å². The fraction of sp³-hybridized carbons (Fsp3) is 0.412. The van der Waals surface area contributed by atoms with Gasteiger partial charge in [0.05, 0.1) is 0 Å². The van der Waals surface area contributed by atoms with Crippen LogP contribution >= 0.6 is 0 Å². The predicted octanol–water partition coefficient (Wildman–Crippen LogP) is 4.65. The minimum Gasteiger partial charge on any atom is -0.0798 e. The zero-order chi connectivity index (χ0) is 11.9. The summed E-state index contributed by atoms with van der Waals surface area (Å²) in [6, 6.07) is 8.86. The monoisotopic (exact) mass is 225 g/mol. The molecule has 1 aromatic carbocycles. The third-order valence-corrected chi connectivity index (χ3v) is 3.31. The number of hydrogen-bond acceptors (Lipinski definition) is 0. The van der Waals surface area contributed by atoms with E-state index in [1.165, 1.54) is 42.4 Å². The Morgan fingerprint density at radius 3 is 2.65 bits per heavy atom. The molecule has 0 saturated heterocycles. The van der Waals surface area contributed by atoms with Crippen LogP contribution in [-0.2, 0) is 12.8 Å². The van der Waals surface area contributed by atoms with E-state index in [1.807, 2.05) is 0 Å². The summed E-state index contributed by atoms with van der Waals surface area (Å²) >= 11 is 0. The van der Waals surface area contributed by atoms with Crippen molar-refractivity contribution in [1.82, 2.24) is 0 Å². The Morgan fingerprint density at radius 1 is 1.12 bits per heavy atom. The maximum absolute atomic E-state index is 3.41. The van der Waals surface area contributed by atoms with Gasteiger partial charge in [0.25, 0.3) is 0 Å². The first kappa shape index (κ1) is 12.2. The standard InChI is InChI=1S/C17H21/c1-2-3-4-11-16-12-7-8-13-17(16)14-15-9-5-6-10-15/h5,7-9,12-13H,2-4,6,11,14H2,1H3. The molecule has 1 radical (unpaired) electrons. The zero-order valence-electron chi connectivity index (χ0n) is 10.7. The summed E-state index contributed by atoms with van der Waals surface area (Å²) in [5.74, 6) is 0. The fourth-order valence-electron chi connectivity index (χ4n) is 2.32. The molecule has 0 spiro atoms. The van der Waals surface area contributed by atoms with Crippen LogP contribution in [0.4, 0.5) is 0 Å². The molecule has 0 unspecified atom stereocenters. The summed E-state index contributed by atoms with van der Waals surface area (Å²) in [4.78, 5) is 0. The molecule has 0 heteroatoms. The molecule has 0 fully saturated rings. The van der Waals surface area contributed by atoms with Gasteiger partial charge in [0.1, 0.15) is 0 Å². The molecule has 0 N–H and O–H groups in total. The van der Waals surface area contributed by atoms with Gasteiger partial charge >= 0.3 is 0 Å². The van der Waals surface area contributed by atoms with Crippen molar-refractivity contribution in [3.8, 4) is 0 Å². The summed E-state index contributed by atoms with van der Waals surface area (Å²) in [5, 5.41) is 0. The van der Waals surface area contributed by atoms with E-state index >= 15 is 0 Å². The normalized spacial score (nSPS) is 14.1. The second-order valence-corrected chi connectivity index (χ2v) is 4.71. The second kappa shape index (κ2) is 6.44. The molecule has 0 nitrogen and oxygen atoms in total. The zero-order valence-corrected chi connectivity index (χ0v) is 10.7. The highest BCUT2D eigenvalue weighted by Crippen LogP contribution is 2.19. The maximum atomic E-state index is 3.41. The van der Waals surface area contributed by atoms with Gasteiger partial charge in [0.2, 0.25) is 0 Å². The van der Waals surface area contributed by atoms with Crippen molar-refractivity contribution < 1.29 is 0 Å². The molecule has 0 aromatic heterocycles. The van der Waals surface area contributed by atoms with Gasteiger partial charge in [-0.15, -0.1) is 0 Å². The third kappa shape index (κ3) is 3.59. The molecule has 1 aliphatic carbocycles. The van der Waals surface area contributed by atoms with Crippen LogP contribution in [0.1, 0.15) is 43.7 Å². The Labute approximate surface area is 105 Å². The molecular formula is C17H21. The number of rotatable bonds is 6. The smallest absolute Gasteiger partial charge is 0.00202 e. The van der Waals surface area contributed by atoms with E-state index < -0.39 is 0 Å². The van der Waals surface area contributed by atoms with E-state index in [2.05, 4.69) is 49.4 Å². The molecule has 89 valence electrons. The fourth-order valence-corrected chi connectivity index (χ4v) is 2.32. The molecule has 0 heterocycles. The Bertz CT molecular complexity index is 410. The van der Waals surface area contributed by atoms with Crippen LogP contribution < -0.4 is 0 Å². The van der Waals surface area contributed by atoms with Crippen LogP contribution in [0, 0.1) is 6.08 Å². The number of unbranched alkanes of at least 4 members (excludes halogenated alkanes) is 2. The lowest BCUT2D eigenvalue weighted by Gasteiger charge is -2.09.